The van der Waals surface area contributed by atoms with E-state index in [0.717, 1.165) is 0 Å². The molecule has 6 heavy (non-hydrogen) atoms. The summed E-state index contributed by atoms with van der Waals surface area (Å²) in [7, 11) is 2.02. The van der Waals surface area contributed by atoms with Crippen LogP contribution in [0, 0.1) is 5.66 Å². The summed E-state index contributed by atoms with van der Waals surface area (Å²) in [5.74, 6) is 0. The molecule has 0 saturated carbocycles. The van der Waals surface area contributed by atoms with Gasteiger partial charge >= 0.3 is 0 Å². The zero-order valence-corrected chi connectivity index (χ0v) is 5.24. The third kappa shape index (κ3) is 0.924. The molecule has 1 nitrogen and oxygen atoms in total. The molecule has 1 N–H and O–H groups in total. The number of nitrogens with one attached hydrogen (secondary N) is 1. The van der Waals surface area contributed by atoms with Crippen molar-refractivity contribution in [2.24, 2.45) is 0 Å². The van der Waals surface area contributed by atoms with Crippen molar-refractivity contribution < 1.29 is 0 Å². The summed E-state index contributed by atoms with van der Waals surface area (Å²) in [6, 6.07) is 0. The first-order valence-corrected chi connectivity index (χ1v) is 2.97. The summed E-state index contributed by atoms with van der Waals surface area (Å²) in [5.41, 5.74) is 1.62. The van der Waals surface area contributed by atoms with Gasteiger partial charge in [-0.1, -0.05) is 6.54 Å². The predicted octanol–water partition coefficient (Wildman–Crippen LogP) is 0.119. The lowest BCUT2D eigenvalue weighted by atomic mass is 10.4. The molecular formula is C4H10NP. The standard InChI is InChI=1S/C4H10NP/c6-4-1-2-5-3-4/h5H,1-3H2,6H3. The maximum atomic E-state index is 3.24. The fourth-order valence-electron chi connectivity index (χ4n) is 0.619. The van der Waals surface area contributed by atoms with Crippen LogP contribution in [0.5, 0.6) is 0 Å². The van der Waals surface area contributed by atoms with Gasteiger partial charge in [0.25, 0.3) is 0 Å². The van der Waals surface area contributed by atoms with Crippen LogP contribution in [0.25, 0.3) is 0 Å². The first-order valence-electron chi connectivity index (χ1n) is 2.27. The van der Waals surface area contributed by atoms with Crippen molar-refractivity contribution in [3.05, 3.63) is 5.66 Å². The Morgan fingerprint density at radius 1 is 1.67 bits per heavy atom. The van der Waals surface area contributed by atoms with Gasteiger partial charge in [-0.3, -0.25) is 0 Å². The van der Waals surface area contributed by atoms with E-state index in [-0.39, 0.29) is 0 Å². The number of rotatable bonds is 0. The molecule has 1 atom stereocenters. The van der Waals surface area contributed by atoms with Gasteiger partial charge in [0, 0.05) is 0 Å². The average Bonchev–Trinajstić information content (AvgIpc) is 1.86. The van der Waals surface area contributed by atoms with E-state index in [0.29, 0.717) is 0 Å². The van der Waals surface area contributed by atoms with E-state index >= 15 is 0 Å². The van der Waals surface area contributed by atoms with Crippen molar-refractivity contribution in [2.45, 2.75) is 6.42 Å². The maximum absolute atomic E-state index is 3.24. The van der Waals surface area contributed by atoms with Gasteiger partial charge in [-0.2, -0.15) is 9.24 Å². The van der Waals surface area contributed by atoms with E-state index in [4.69, 9.17) is 0 Å². The molecule has 0 aromatic heterocycles. The van der Waals surface area contributed by atoms with E-state index in [9.17, 15) is 0 Å². The lowest BCUT2D eigenvalue weighted by Gasteiger charge is -2.00. The Morgan fingerprint density at radius 3 is 2.67 bits per heavy atom. The summed E-state index contributed by atoms with van der Waals surface area (Å²) in [4.78, 5) is 0. The Kier molecular flexibility index (Phi) is 1.44. The van der Waals surface area contributed by atoms with Gasteiger partial charge in [0.2, 0.25) is 0 Å². The number of hydrogen-bond acceptors (Lipinski definition) is 1. The van der Waals surface area contributed by atoms with Gasteiger partial charge in [-0.05, 0) is 6.54 Å². The zero-order chi connectivity index (χ0) is 4.41. The Morgan fingerprint density at radius 2 is 2.50 bits per heavy atom. The summed E-state index contributed by atoms with van der Waals surface area (Å²) in [5, 5.41) is 3.24. The van der Waals surface area contributed by atoms with Crippen LogP contribution in [0.2, 0.25) is 0 Å². The zero-order valence-electron chi connectivity index (χ0n) is 3.83. The summed E-state index contributed by atoms with van der Waals surface area (Å²) < 4.78 is 0. The Balaban J connectivity index is 2.18. The fourth-order valence-corrected chi connectivity index (χ4v) is 0.972. The molecule has 0 aromatic carbocycles. The van der Waals surface area contributed by atoms with Gasteiger partial charge in [0.1, 0.15) is 0 Å². The van der Waals surface area contributed by atoms with Gasteiger partial charge in [-0.15, -0.1) is 12.1 Å². The van der Waals surface area contributed by atoms with E-state index in [1.165, 1.54) is 19.5 Å². The Bertz CT molecular complexity index is 40.8. The van der Waals surface area contributed by atoms with Crippen molar-refractivity contribution in [3.63, 3.8) is 0 Å². The molecule has 0 amide bonds. The lowest BCUT2D eigenvalue weighted by Crippen LogP contribution is -2.05. The van der Waals surface area contributed by atoms with Crippen LogP contribution in [0.1, 0.15) is 6.42 Å². The molecule has 0 radical (unpaired) electrons. The van der Waals surface area contributed by atoms with E-state index in [2.05, 4.69) is 5.32 Å². The van der Waals surface area contributed by atoms with Crippen LogP contribution in [0.4, 0.5) is 0 Å². The Hall–Kier alpha value is 0.390. The van der Waals surface area contributed by atoms with Crippen molar-refractivity contribution in [1.82, 2.24) is 5.32 Å². The lowest BCUT2D eigenvalue weighted by molar-refractivity contribution is 0.862. The van der Waals surface area contributed by atoms with Crippen LogP contribution < -0.4 is 5.32 Å². The molecule has 1 aliphatic heterocycles. The molecule has 0 aromatic rings. The minimum Gasteiger partial charge on any atom is -0.345 e. The molecule has 1 heterocycles. The first kappa shape index (κ1) is 4.55. The van der Waals surface area contributed by atoms with Crippen molar-refractivity contribution in [1.29, 1.82) is 0 Å². The fraction of sp³-hybridized carbons (Fsp3) is 0.750. The average molecular weight is 103 g/mol. The highest BCUT2D eigenvalue weighted by atomic mass is 31.0. The van der Waals surface area contributed by atoms with Gasteiger partial charge in [0.05, 0.1) is 0 Å². The molecule has 0 spiro atoms. The minimum atomic E-state index is 1.17. The smallest absolute Gasteiger partial charge is 0.0315 e. The second-order valence-electron chi connectivity index (χ2n) is 1.68. The van der Waals surface area contributed by atoms with Crippen LogP contribution in [0.15, 0.2) is 0 Å². The molecule has 0 aliphatic carbocycles. The second kappa shape index (κ2) is 1.90. The van der Waals surface area contributed by atoms with Crippen molar-refractivity contribution in [3.8, 4) is 0 Å². The minimum absolute atomic E-state index is 1.17. The molecule has 1 unspecified atom stereocenters. The van der Waals surface area contributed by atoms with Gasteiger partial charge in [-0.25, -0.2) is 0 Å². The summed E-state index contributed by atoms with van der Waals surface area (Å²) >= 11 is 0. The Labute approximate surface area is 40.7 Å². The summed E-state index contributed by atoms with van der Waals surface area (Å²) in [6.45, 7) is 2.37. The molecular weight excluding hydrogens is 93.0 g/mol. The summed E-state index contributed by atoms with van der Waals surface area (Å²) in [6.07, 6.45) is 1.30. The molecule has 1 rings (SSSR count). The van der Waals surface area contributed by atoms with Gasteiger partial charge < -0.3 is 5.32 Å². The van der Waals surface area contributed by atoms with Crippen LogP contribution in [0.3, 0.4) is 0 Å². The largest absolute Gasteiger partial charge is 0.345 e. The molecule has 1 saturated heterocycles. The highest BCUT2D eigenvalue weighted by Gasteiger charge is 1.97. The molecule has 0 bridgehead atoms. The van der Waals surface area contributed by atoms with Crippen molar-refractivity contribution in [2.75, 3.05) is 13.1 Å². The van der Waals surface area contributed by atoms with Crippen LogP contribution in [-0.2, 0) is 0 Å². The monoisotopic (exact) mass is 103 g/mol. The maximum Gasteiger partial charge on any atom is -0.0315 e. The second-order valence-corrected chi connectivity index (χ2v) is 2.68. The SMILES string of the molecule is [PH3+][C-]1CCNC1. The van der Waals surface area contributed by atoms with Crippen LogP contribution >= 0.6 is 9.24 Å². The molecule has 36 valence electrons. The molecule has 1 aliphatic rings. The molecule has 1 fully saturated rings. The van der Waals surface area contributed by atoms with Crippen molar-refractivity contribution >= 4 is 9.24 Å². The quantitative estimate of drug-likeness (QED) is 0.339. The van der Waals surface area contributed by atoms with E-state index in [1.54, 1.807) is 5.66 Å². The highest BCUT2D eigenvalue weighted by molar-refractivity contribution is 7.21. The topological polar surface area (TPSA) is 12.0 Å². The number of hydrogen-bond donors (Lipinski definition) is 1. The van der Waals surface area contributed by atoms with Gasteiger partial charge in [0.15, 0.2) is 0 Å². The van der Waals surface area contributed by atoms with Crippen LogP contribution in [-0.4, -0.2) is 13.1 Å². The van der Waals surface area contributed by atoms with E-state index in [1.807, 2.05) is 9.24 Å². The normalized spacial score (nSPS) is 26.0. The molecule has 2 heteroatoms. The van der Waals surface area contributed by atoms with E-state index < -0.39 is 0 Å². The highest BCUT2D eigenvalue weighted by Crippen LogP contribution is 2.16. The third-order valence-electron chi connectivity index (χ3n) is 1.03. The third-order valence-corrected chi connectivity index (χ3v) is 1.63. The first-order chi connectivity index (χ1) is 2.89. The predicted molar refractivity (Wildman–Crippen MR) is 31.8 cm³/mol.